The van der Waals surface area contributed by atoms with Crippen molar-refractivity contribution in [3.05, 3.63) is 0 Å². The van der Waals surface area contributed by atoms with Gasteiger partial charge in [0.05, 0.1) is 0 Å². The number of hydrogen-bond acceptors (Lipinski definition) is 2. The molecule has 0 amide bonds. The molecule has 2 rings (SSSR count). The Morgan fingerprint density at radius 3 is 1.85 bits per heavy atom. The van der Waals surface area contributed by atoms with Gasteiger partial charge in [-0.3, -0.25) is 0 Å². The highest BCUT2D eigenvalue weighted by Gasteiger charge is 2.32. The summed E-state index contributed by atoms with van der Waals surface area (Å²) in [6.45, 7) is 7.29. The summed E-state index contributed by atoms with van der Waals surface area (Å²) in [6.07, 6.45) is 15.0. The van der Waals surface area contributed by atoms with E-state index < -0.39 is 0 Å². The highest BCUT2D eigenvalue weighted by molar-refractivity contribution is 7.99. The normalized spacial score (nSPS) is 36.0. The number of nitrogens with one attached hydrogen (secondary N) is 1. The van der Waals surface area contributed by atoms with E-state index in [4.69, 9.17) is 0 Å². The van der Waals surface area contributed by atoms with Crippen LogP contribution in [0.3, 0.4) is 0 Å². The van der Waals surface area contributed by atoms with Crippen molar-refractivity contribution in [2.24, 2.45) is 11.3 Å². The zero-order valence-electron chi connectivity index (χ0n) is 14.1. The first-order valence-corrected chi connectivity index (χ1v) is 10.1. The zero-order valence-corrected chi connectivity index (χ0v) is 14.9. The van der Waals surface area contributed by atoms with Crippen molar-refractivity contribution < 1.29 is 0 Å². The number of thioether (sulfide) groups is 1. The maximum absolute atomic E-state index is 3.98. The standard InChI is InChI=1S/C18H35NS/c1-5-18(2,3)14-6-8-15(9-7-14)19-16-10-12-17(20-4)13-11-16/h14-17,19H,5-13H2,1-4H3. The SMILES string of the molecule is CCC(C)(C)C1CCC(NC2CCC(SC)CC2)CC1. The second-order valence-corrected chi connectivity index (χ2v) is 8.90. The first-order valence-electron chi connectivity index (χ1n) is 8.84. The number of hydrogen-bond donors (Lipinski definition) is 1. The topological polar surface area (TPSA) is 12.0 Å². The molecule has 0 heterocycles. The van der Waals surface area contributed by atoms with E-state index in [1.807, 2.05) is 0 Å². The van der Waals surface area contributed by atoms with Gasteiger partial charge in [0, 0.05) is 17.3 Å². The molecule has 2 aliphatic carbocycles. The molecule has 1 N–H and O–H groups in total. The highest BCUT2D eigenvalue weighted by Crippen LogP contribution is 2.40. The van der Waals surface area contributed by atoms with Gasteiger partial charge < -0.3 is 5.32 Å². The Labute approximate surface area is 131 Å². The summed E-state index contributed by atoms with van der Waals surface area (Å²) in [5, 5.41) is 4.92. The summed E-state index contributed by atoms with van der Waals surface area (Å²) >= 11 is 2.07. The van der Waals surface area contributed by atoms with Gasteiger partial charge in [-0.25, -0.2) is 0 Å². The van der Waals surface area contributed by atoms with E-state index in [1.165, 1.54) is 57.8 Å². The molecule has 1 nitrogen and oxygen atoms in total. The maximum atomic E-state index is 3.98. The van der Waals surface area contributed by atoms with E-state index in [9.17, 15) is 0 Å². The Morgan fingerprint density at radius 2 is 1.40 bits per heavy atom. The Morgan fingerprint density at radius 1 is 0.900 bits per heavy atom. The fourth-order valence-electron chi connectivity index (χ4n) is 4.13. The van der Waals surface area contributed by atoms with Crippen molar-refractivity contribution in [3.63, 3.8) is 0 Å². The third-order valence-electron chi connectivity index (χ3n) is 6.22. The van der Waals surface area contributed by atoms with E-state index in [0.717, 1.165) is 23.3 Å². The van der Waals surface area contributed by atoms with Gasteiger partial charge in [-0.1, -0.05) is 27.2 Å². The molecule has 0 saturated heterocycles. The first-order chi connectivity index (χ1) is 9.55. The molecule has 0 atom stereocenters. The van der Waals surface area contributed by atoms with E-state index >= 15 is 0 Å². The predicted molar refractivity (Wildman–Crippen MR) is 92.5 cm³/mol. The van der Waals surface area contributed by atoms with Crippen LogP contribution in [-0.4, -0.2) is 23.6 Å². The van der Waals surface area contributed by atoms with Crippen molar-refractivity contribution in [2.75, 3.05) is 6.26 Å². The Kier molecular flexibility index (Phi) is 6.28. The molecule has 0 spiro atoms. The van der Waals surface area contributed by atoms with E-state index in [2.05, 4.69) is 44.1 Å². The summed E-state index contributed by atoms with van der Waals surface area (Å²) in [6, 6.07) is 1.63. The molecular formula is C18H35NS. The van der Waals surface area contributed by atoms with Gasteiger partial charge >= 0.3 is 0 Å². The Hall–Kier alpha value is 0.310. The molecule has 0 aromatic rings. The van der Waals surface area contributed by atoms with Crippen molar-refractivity contribution in [2.45, 2.75) is 95.9 Å². The molecule has 2 aliphatic rings. The quantitative estimate of drug-likeness (QED) is 0.744. The van der Waals surface area contributed by atoms with Crippen LogP contribution in [0.25, 0.3) is 0 Å². The van der Waals surface area contributed by atoms with E-state index in [-0.39, 0.29) is 0 Å². The average molecular weight is 298 g/mol. The van der Waals surface area contributed by atoms with E-state index in [0.29, 0.717) is 5.41 Å². The van der Waals surface area contributed by atoms with Crippen LogP contribution in [0.4, 0.5) is 0 Å². The number of rotatable bonds is 5. The van der Waals surface area contributed by atoms with Crippen LogP contribution in [0.1, 0.15) is 78.6 Å². The van der Waals surface area contributed by atoms with Gasteiger partial charge in [-0.15, -0.1) is 0 Å². The lowest BCUT2D eigenvalue weighted by Gasteiger charge is -2.40. The molecule has 2 heteroatoms. The van der Waals surface area contributed by atoms with Gasteiger partial charge in [-0.2, -0.15) is 11.8 Å². The second-order valence-electron chi connectivity index (χ2n) is 7.77. The molecule has 0 aromatic carbocycles. The summed E-state index contributed by atoms with van der Waals surface area (Å²) in [5.74, 6) is 0.956. The van der Waals surface area contributed by atoms with Crippen LogP contribution in [-0.2, 0) is 0 Å². The summed E-state index contributed by atoms with van der Waals surface area (Å²) < 4.78 is 0. The van der Waals surface area contributed by atoms with Crippen LogP contribution < -0.4 is 5.32 Å². The van der Waals surface area contributed by atoms with Gasteiger partial charge in [0.25, 0.3) is 0 Å². The molecule has 2 saturated carbocycles. The average Bonchev–Trinajstić information content (AvgIpc) is 2.48. The summed E-state index contributed by atoms with van der Waals surface area (Å²) in [4.78, 5) is 0. The molecule has 0 aliphatic heterocycles. The lowest BCUT2D eigenvalue weighted by Crippen LogP contribution is -2.43. The van der Waals surface area contributed by atoms with Crippen LogP contribution in [0.15, 0.2) is 0 Å². The van der Waals surface area contributed by atoms with Gasteiger partial charge in [-0.05, 0) is 69.0 Å². The van der Waals surface area contributed by atoms with Crippen LogP contribution >= 0.6 is 11.8 Å². The largest absolute Gasteiger partial charge is 0.311 e. The molecule has 0 unspecified atom stereocenters. The van der Waals surface area contributed by atoms with Crippen molar-refractivity contribution >= 4 is 11.8 Å². The highest BCUT2D eigenvalue weighted by atomic mass is 32.2. The lowest BCUT2D eigenvalue weighted by molar-refractivity contribution is 0.131. The maximum Gasteiger partial charge on any atom is 0.00704 e. The molecular weight excluding hydrogens is 262 g/mol. The molecule has 118 valence electrons. The van der Waals surface area contributed by atoms with E-state index in [1.54, 1.807) is 0 Å². The van der Waals surface area contributed by atoms with Crippen LogP contribution in [0.5, 0.6) is 0 Å². The monoisotopic (exact) mass is 297 g/mol. The summed E-state index contributed by atoms with van der Waals surface area (Å²) in [7, 11) is 0. The Balaban J connectivity index is 1.70. The summed E-state index contributed by atoms with van der Waals surface area (Å²) in [5.41, 5.74) is 0.557. The minimum Gasteiger partial charge on any atom is -0.311 e. The van der Waals surface area contributed by atoms with Crippen molar-refractivity contribution in [1.29, 1.82) is 0 Å². The van der Waals surface area contributed by atoms with Gasteiger partial charge in [0.1, 0.15) is 0 Å². The minimum absolute atomic E-state index is 0.557. The second kappa shape index (κ2) is 7.54. The Bertz CT molecular complexity index is 273. The first kappa shape index (κ1) is 16.7. The molecule has 0 radical (unpaired) electrons. The fourth-order valence-corrected chi connectivity index (χ4v) is 4.87. The van der Waals surface area contributed by atoms with Gasteiger partial charge in [0.15, 0.2) is 0 Å². The predicted octanol–water partition coefficient (Wildman–Crippen LogP) is 5.25. The zero-order chi connectivity index (χ0) is 14.6. The third-order valence-corrected chi connectivity index (χ3v) is 7.36. The van der Waals surface area contributed by atoms with Gasteiger partial charge in [0.2, 0.25) is 0 Å². The van der Waals surface area contributed by atoms with Crippen LogP contribution in [0, 0.1) is 11.3 Å². The molecule has 0 bridgehead atoms. The van der Waals surface area contributed by atoms with Crippen molar-refractivity contribution in [3.8, 4) is 0 Å². The molecule has 20 heavy (non-hydrogen) atoms. The smallest absolute Gasteiger partial charge is 0.00704 e. The lowest BCUT2D eigenvalue weighted by atomic mass is 9.69. The third kappa shape index (κ3) is 4.40. The fraction of sp³-hybridized carbons (Fsp3) is 1.00. The molecule has 2 fully saturated rings. The van der Waals surface area contributed by atoms with Crippen LogP contribution in [0.2, 0.25) is 0 Å². The van der Waals surface area contributed by atoms with Crippen molar-refractivity contribution in [1.82, 2.24) is 5.32 Å². The molecule has 0 aromatic heterocycles. The minimum atomic E-state index is 0.557.